The van der Waals surface area contributed by atoms with Gasteiger partial charge in [0.25, 0.3) is 0 Å². The van der Waals surface area contributed by atoms with Gasteiger partial charge in [-0.1, -0.05) is 0 Å². The lowest BCUT2D eigenvalue weighted by Gasteiger charge is -2.13. The molecule has 0 N–H and O–H groups in total. The molecule has 0 spiro atoms. The lowest BCUT2D eigenvalue weighted by Crippen LogP contribution is -2.28. The Kier molecular flexibility index (Phi) is 4.07. The highest BCUT2D eigenvalue weighted by Crippen LogP contribution is 2.33. The molecular weight excluding hydrogens is 345 g/mol. The monoisotopic (exact) mass is 352 g/mol. The molecule has 23 heavy (non-hydrogen) atoms. The van der Waals surface area contributed by atoms with Crippen LogP contribution in [-0.2, 0) is 14.9 Å². The van der Waals surface area contributed by atoms with E-state index in [0.29, 0.717) is 0 Å². The molecule has 0 saturated carbocycles. The third-order valence-electron chi connectivity index (χ3n) is 2.64. The molecule has 0 amide bonds. The number of rotatable bonds is 3. The van der Waals surface area contributed by atoms with Gasteiger partial charge in [0.15, 0.2) is 5.75 Å². The molecule has 2 aromatic rings. The minimum atomic E-state index is -5.99. The van der Waals surface area contributed by atoms with Crippen LogP contribution in [0, 0.1) is 0 Å². The number of hydrogen-bond acceptors (Lipinski definition) is 7. The summed E-state index contributed by atoms with van der Waals surface area (Å²) in [6.45, 7) is 0. The fourth-order valence-electron chi connectivity index (χ4n) is 1.68. The first-order chi connectivity index (χ1) is 10.6. The quantitative estimate of drug-likeness (QED) is 0.359. The van der Waals surface area contributed by atoms with E-state index in [0.717, 1.165) is 31.4 Å². The summed E-state index contributed by atoms with van der Waals surface area (Å²) in [5.41, 5.74) is -7.24. The Bertz CT molecular complexity index is 928. The van der Waals surface area contributed by atoms with E-state index in [1.807, 2.05) is 0 Å². The van der Waals surface area contributed by atoms with Gasteiger partial charge in [-0.05, 0) is 18.2 Å². The Morgan fingerprint density at radius 1 is 1.17 bits per heavy atom. The van der Waals surface area contributed by atoms with Crippen LogP contribution in [-0.4, -0.2) is 27.0 Å². The van der Waals surface area contributed by atoms with Crippen molar-refractivity contribution >= 4 is 27.1 Å². The Hall–Kier alpha value is -2.56. The highest BCUT2D eigenvalue weighted by atomic mass is 32.2. The Morgan fingerprint density at radius 3 is 2.39 bits per heavy atom. The number of esters is 1. The zero-order chi connectivity index (χ0) is 17.4. The zero-order valence-corrected chi connectivity index (χ0v) is 12.0. The van der Waals surface area contributed by atoms with Crippen LogP contribution in [0.5, 0.6) is 5.75 Å². The second kappa shape index (κ2) is 5.57. The van der Waals surface area contributed by atoms with Gasteiger partial charge in [-0.3, -0.25) is 0 Å². The molecule has 0 atom stereocenters. The number of halogens is 3. The van der Waals surface area contributed by atoms with Crippen molar-refractivity contribution in [3.8, 4) is 5.75 Å². The van der Waals surface area contributed by atoms with Gasteiger partial charge in [-0.25, -0.2) is 9.59 Å². The van der Waals surface area contributed by atoms with Crippen LogP contribution >= 0.6 is 0 Å². The normalized spacial score (nSPS) is 12.2. The van der Waals surface area contributed by atoms with Gasteiger partial charge in [0.05, 0.1) is 7.11 Å². The van der Waals surface area contributed by atoms with Gasteiger partial charge in [0, 0.05) is 11.5 Å². The second-order valence-corrected chi connectivity index (χ2v) is 5.62. The number of hydrogen-bond donors (Lipinski definition) is 0. The van der Waals surface area contributed by atoms with Gasteiger partial charge in [0.2, 0.25) is 0 Å². The van der Waals surface area contributed by atoms with Crippen LogP contribution in [0.2, 0.25) is 0 Å². The SMILES string of the molecule is COC(=O)c1c(OS(=O)(=O)C(F)(F)F)ccc2oc(=O)ccc12. The van der Waals surface area contributed by atoms with Crippen LogP contribution in [0.15, 0.2) is 33.5 Å². The van der Waals surface area contributed by atoms with E-state index in [9.17, 15) is 31.2 Å². The average molecular weight is 352 g/mol. The first-order valence-electron chi connectivity index (χ1n) is 5.73. The van der Waals surface area contributed by atoms with Gasteiger partial charge in [-0.15, -0.1) is 0 Å². The Morgan fingerprint density at radius 2 is 1.83 bits per heavy atom. The number of carbonyl (C=O) groups is 1. The summed E-state index contributed by atoms with van der Waals surface area (Å²) in [6, 6.07) is 3.71. The molecule has 2 rings (SSSR count). The van der Waals surface area contributed by atoms with Gasteiger partial charge >= 0.3 is 27.2 Å². The third-order valence-corrected chi connectivity index (χ3v) is 3.60. The Labute approximate surface area is 126 Å². The second-order valence-electron chi connectivity index (χ2n) is 4.08. The summed E-state index contributed by atoms with van der Waals surface area (Å²) in [5, 5.41) is -0.147. The zero-order valence-electron chi connectivity index (χ0n) is 11.2. The van der Waals surface area contributed by atoms with Crippen molar-refractivity contribution in [1.82, 2.24) is 0 Å². The van der Waals surface area contributed by atoms with Crippen LogP contribution in [0.3, 0.4) is 0 Å². The molecule has 1 aromatic heterocycles. The lowest BCUT2D eigenvalue weighted by molar-refractivity contribution is -0.0500. The van der Waals surface area contributed by atoms with Crippen molar-refractivity contribution in [2.45, 2.75) is 5.51 Å². The molecule has 7 nitrogen and oxygen atoms in total. The van der Waals surface area contributed by atoms with E-state index < -0.39 is 38.5 Å². The molecule has 0 aliphatic carbocycles. The highest BCUT2D eigenvalue weighted by Gasteiger charge is 2.49. The first kappa shape index (κ1) is 16.8. The summed E-state index contributed by atoms with van der Waals surface area (Å²) in [4.78, 5) is 22.9. The standard InChI is InChI=1S/C12H7F3O7S/c1-20-11(17)10-6-2-5-9(16)21-7(6)3-4-8(10)22-23(18,19)12(13,14)15/h2-5H,1H3. The van der Waals surface area contributed by atoms with Crippen LogP contribution < -0.4 is 9.81 Å². The summed E-state index contributed by atoms with van der Waals surface area (Å²) in [5.74, 6) is -2.08. The van der Waals surface area contributed by atoms with Crippen LogP contribution in [0.4, 0.5) is 13.2 Å². The topological polar surface area (TPSA) is 99.9 Å². The van der Waals surface area contributed by atoms with Crippen molar-refractivity contribution in [3.63, 3.8) is 0 Å². The maximum Gasteiger partial charge on any atom is 0.534 e. The van der Waals surface area contributed by atoms with E-state index in [-0.39, 0.29) is 11.0 Å². The minimum Gasteiger partial charge on any atom is -0.465 e. The summed E-state index contributed by atoms with van der Waals surface area (Å²) in [6.07, 6.45) is 0. The number of carbonyl (C=O) groups excluding carboxylic acids is 1. The molecule has 0 saturated heterocycles. The maximum atomic E-state index is 12.4. The largest absolute Gasteiger partial charge is 0.534 e. The van der Waals surface area contributed by atoms with Crippen molar-refractivity contribution in [3.05, 3.63) is 40.2 Å². The molecule has 0 radical (unpaired) electrons. The van der Waals surface area contributed by atoms with Gasteiger partial charge < -0.3 is 13.3 Å². The molecule has 124 valence electrons. The van der Waals surface area contributed by atoms with E-state index in [2.05, 4.69) is 8.92 Å². The Balaban J connectivity index is 2.72. The number of alkyl halides is 3. The first-order valence-corrected chi connectivity index (χ1v) is 7.13. The van der Waals surface area contributed by atoms with Gasteiger partial charge in [0.1, 0.15) is 11.1 Å². The molecule has 1 aromatic carbocycles. The summed E-state index contributed by atoms with van der Waals surface area (Å²) in [7, 11) is -5.06. The van der Waals surface area contributed by atoms with E-state index >= 15 is 0 Å². The predicted octanol–water partition coefficient (Wildman–Crippen LogP) is 1.81. The number of ether oxygens (including phenoxy) is 1. The number of benzene rings is 1. The van der Waals surface area contributed by atoms with Crippen LogP contribution in [0.1, 0.15) is 10.4 Å². The molecule has 11 heteroatoms. The van der Waals surface area contributed by atoms with E-state index in [1.165, 1.54) is 0 Å². The molecule has 0 fully saturated rings. The van der Waals surface area contributed by atoms with E-state index in [1.54, 1.807) is 0 Å². The minimum absolute atomic E-state index is 0.147. The van der Waals surface area contributed by atoms with Crippen molar-refractivity contribution in [2.24, 2.45) is 0 Å². The molecule has 0 aliphatic rings. The molecule has 0 bridgehead atoms. The van der Waals surface area contributed by atoms with E-state index in [4.69, 9.17) is 4.42 Å². The fraction of sp³-hybridized carbons (Fsp3) is 0.167. The van der Waals surface area contributed by atoms with Crippen LogP contribution in [0.25, 0.3) is 11.0 Å². The average Bonchev–Trinajstić information content (AvgIpc) is 2.44. The maximum absolute atomic E-state index is 12.4. The van der Waals surface area contributed by atoms with Crippen molar-refractivity contribution in [2.75, 3.05) is 7.11 Å². The van der Waals surface area contributed by atoms with Crippen molar-refractivity contribution in [1.29, 1.82) is 0 Å². The highest BCUT2D eigenvalue weighted by molar-refractivity contribution is 7.88. The molecule has 0 aliphatic heterocycles. The van der Waals surface area contributed by atoms with Gasteiger partial charge in [-0.2, -0.15) is 21.6 Å². The van der Waals surface area contributed by atoms with Crippen molar-refractivity contribution < 1.29 is 39.7 Å². The summed E-state index contributed by atoms with van der Waals surface area (Å²) < 4.78 is 72.6. The molecule has 1 heterocycles. The number of methoxy groups -OCH3 is 1. The molecule has 0 unspecified atom stereocenters. The molecular formula is C12H7F3O7S. The predicted molar refractivity (Wildman–Crippen MR) is 69.4 cm³/mol. The smallest absolute Gasteiger partial charge is 0.465 e. The lowest BCUT2D eigenvalue weighted by atomic mass is 10.1. The summed E-state index contributed by atoms with van der Waals surface area (Å²) >= 11 is 0. The number of fused-ring (bicyclic) bond motifs is 1. The fourth-order valence-corrected chi connectivity index (χ4v) is 2.15. The third kappa shape index (κ3) is 3.13.